The van der Waals surface area contributed by atoms with Crippen molar-refractivity contribution in [2.24, 2.45) is 0 Å². The lowest BCUT2D eigenvalue weighted by molar-refractivity contribution is -0.305. The Hall–Kier alpha value is -2.38. The SMILES string of the molecule is CCCCC/C=C\C/C=C\C/C=C\CCCCCCCCCCCCC(=O)OC1C(OCC(NC(=O)C(O)CCCCCCCCCCCCCCCCCCCCCCCCCCCC)C(O)/C=C/CCCCCCCCCCC)OC(CO)C(O)C1O. The van der Waals surface area contributed by atoms with Crippen molar-refractivity contribution in [2.45, 2.75) is 423 Å². The Bertz CT molecular complexity index is 1640. The van der Waals surface area contributed by atoms with Crippen molar-refractivity contribution in [3.05, 3.63) is 48.6 Å². The van der Waals surface area contributed by atoms with Crippen molar-refractivity contribution < 1.29 is 49.3 Å². The summed E-state index contributed by atoms with van der Waals surface area (Å²) in [6, 6.07) is -1.02. The maximum absolute atomic E-state index is 13.5. The molecule has 1 aliphatic rings. The fraction of sp³-hybridized carbons (Fsp3) is 0.872. The van der Waals surface area contributed by atoms with Crippen LogP contribution in [0.3, 0.4) is 0 Å². The van der Waals surface area contributed by atoms with E-state index < -0.39 is 67.4 Å². The number of aliphatic hydroxyl groups is 5. The Labute approximate surface area is 548 Å². The number of unbranched alkanes of at least 4 members (excludes halogenated alkanes) is 47. The van der Waals surface area contributed by atoms with Crippen molar-refractivity contribution >= 4 is 11.9 Å². The highest BCUT2D eigenvalue weighted by Gasteiger charge is 2.47. The number of esters is 1. The summed E-state index contributed by atoms with van der Waals surface area (Å²) < 4.78 is 17.7. The Morgan fingerprint density at radius 3 is 1.18 bits per heavy atom. The van der Waals surface area contributed by atoms with Gasteiger partial charge in [-0.2, -0.15) is 0 Å². The van der Waals surface area contributed by atoms with Crippen LogP contribution in [-0.2, 0) is 23.8 Å². The molecule has 0 spiro atoms. The van der Waals surface area contributed by atoms with Gasteiger partial charge in [0.05, 0.1) is 25.4 Å². The molecule has 0 bridgehead atoms. The highest BCUT2D eigenvalue weighted by atomic mass is 16.7. The van der Waals surface area contributed by atoms with Gasteiger partial charge in [-0.25, -0.2) is 0 Å². The molecule has 89 heavy (non-hydrogen) atoms. The molecule has 6 N–H and O–H groups in total. The van der Waals surface area contributed by atoms with Crippen molar-refractivity contribution in [3.8, 4) is 0 Å². The van der Waals surface area contributed by atoms with Gasteiger partial charge in [-0.05, 0) is 64.2 Å². The highest BCUT2D eigenvalue weighted by molar-refractivity contribution is 5.80. The Kier molecular flexibility index (Phi) is 62.4. The minimum Gasteiger partial charge on any atom is -0.454 e. The van der Waals surface area contributed by atoms with Gasteiger partial charge in [-0.3, -0.25) is 9.59 Å². The number of nitrogens with one attached hydrogen (secondary N) is 1. The summed E-state index contributed by atoms with van der Waals surface area (Å²) in [5.41, 5.74) is 0. The van der Waals surface area contributed by atoms with E-state index in [1.165, 1.54) is 250 Å². The number of allylic oxidation sites excluding steroid dienone is 7. The summed E-state index contributed by atoms with van der Waals surface area (Å²) in [4.78, 5) is 26.7. The van der Waals surface area contributed by atoms with Crippen LogP contribution in [0.25, 0.3) is 0 Å². The molecular formula is C78H145NO10. The predicted molar refractivity (Wildman–Crippen MR) is 375 cm³/mol. The molecule has 0 aromatic carbocycles. The first-order chi connectivity index (χ1) is 43.7. The van der Waals surface area contributed by atoms with Crippen molar-refractivity contribution in [3.63, 3.8) is 0 Å². The topological polar surface area (TPSA) is 175 Å². The van der Waals surface area contributed by atoms with Crippen LogP contribution < -0.4 is 5.32 Å². The standard InChI is InChI=1S/C78H145NO10/c1-4-7-10-13-16-19-22-24-26-28-30-32-34-35-36-38-39-41-43-45-47-50-53-56-59-62-65-71(82)77(86)79-69(70(81)64-61-58-55-52-49-21-18-15-12-9-6-3)68-87-78-76(75(85)74(84)72(67-80)88-78)89-73(83)66-63-60-57-54-51-48-46-44-42-40-37-33-31-29-27-25-23-20-17-14-11-8-5-2/h17,20,25,27,31,33,61,64,69-72,74-76,78,80-82,84-85H,4-16,18-19,21-24,26,28-30,32,34-60,62-63,65-68H2,1-3H3,(H,79,86)/b20-17-,27-25-,33-31-,64-61+. The molecular weight excluding hydrogens is 1110 g/mol. The maximum atomic E-state index is 13.5. The molecule has 1 saturated heterocycles. The van der Waals surface area contributed by atoms with E-state index in [1.807, 2.05) is 6.08 Å². The number of hydrogen-bond acceptors (Lipinski definition) is 10. The van der Waals surface area contributed by atoms with Crippen molar-refractivity contribution in [1.29, 1.82) is 0 Å². The summed E-state index contributed by atoms with van der Waals surface area (Å²) in [5.74, 6) is -1.18. The Morgan fingerprint density at radius 2 is 0.775 bits per heavy atom. The number of carbonyl (C=O) groups is 2. The molecule has 522 valence electrons. The van der Waals surface area contributed by atoms with Crippen LogP contribution in [0.4, 0.5) is 0 Å². The normalized spacial score (nSPS) is 18.3. The predicted octanol–water partition coefficient (Wildman–Crippen LogP) is 20.3. The first-order valence-corrected chi connectivity index (χ1v) is 38.4. The van der Waals surface area contributed by atoms with E-state index in [4.69, 9.17) is 14.2 Å². The molecule has 0 radical (unpaired) electrons. The fourth-order valence-corrected chi connectivity index (χ4v) is 12.2. The third-order valence-corrected chi connectivity index (χ3v) is 18.2. The fourth-order valence-electron chi connectivity index (χ4n) is 12.2. The molecule has 0 aromatic rings. The van der Waals surface area contributed by atoms with Crippen LogP contribution in [-0.4, -0.2) is 99.6 Å². The molecule has 1 rings (SSSR count). The zero-order valence-electron chi connectivity index (χ0n) is 58.3. The monoisotopic (exact) mass is 1260 g/mol. The Morgan fingerprint density at radius 1 is 0.438 bits per heavy atom. The lowest BCUT2D eigenvalue weighted by Gasteiger charge is -2.41. The number of amides is 1. The van der Waals surface area contributed by atoms with Gasteiger partial charge in [0.15, 0.2) is 12.4 Å². The van der Waals surface area contributed by atoms with Gasteiger partial charge < -0.3 is 45.1 Å². The largest absolute Gasteiger partial charge is 0.454 e. The first kappa shape index (κ1) is 84.6. The van der Waals surface area contributed by atoms with Gasteiger partial charge in [-0.1, -0.05) is 352 Å². The minimum absolute atomic E-state index is 0.120. The summed E-state index contributed by atoms with van der Waals surface area (Å²) in [6.45, 7) is 5.82. The molecule has 8 atom stereocenters. The summed E-state index contributed by atoms with van der Waals surface area (Å²) >= 11 is 0. The third kappa shape index (κ3) is 52.7. The molecule has 11 nitrogen and oxygen atoms in total. The molecule has 1 aliphatic heterocycles. The van der Waals surface area contributed by atoms with E-state index in [-0.39, 0.29) is 13.0 Å². The molecule has 1 heterocycles. The average molecular weight is 1260 g/mol. The van der Waals surface area contributed by atoms with Crippen LogP contribution in [0, 0.1) is 0 Å². The van der Waals surface area contributed by atoms with Crippen molar-refractivity contribution in [1.82, 2.24) is 5.32 Å². The van der Waals surface area contributed by atoms with E-state index in [1.54, 1.807) is 6.08 Å². The molecule has 1 fully saturated rings. The quantitative estimate of drug-likeness (QED) is 0.0195. The summed E-state index contributed by atoms with van der Waals surface area (Å²) in [5, 5.41) is 57.3. The van der Waals surface area contributed by atoms with Crippen LogP contribution in [0.1, 0.15) is 374 Å². The highest BCUT2D eigenvalue weighted by Crippen LogP contribution is 2.27. The zero-order valence-corrected chi connectivity index (χ0v) is 58.3. The Balaban J connectivity index is 2.49. The third-order valence-electron chi connectivity index (χ3n) is 18.2. The molecule has 8 unspecified atom stereocenters. The van der Waals surface area contributed by atoms with E-state index in [0.717, 1.165) is 77.0 Å². The second kappa shape index (κ2) is 65.7. The van der Waals surface area contributed by atoms with Gasteiger partial charge in [0.2, 0.25) is 5.91 Å². The number of carbonyl (C=O) groups excluding carboxylic acids is 2. The van der Waals surface area contributed by atoms with Crippen molar-refractivity contribution in [2.75, 3.05) is 13.2 Å². The first-order valence-electron chi connectivity index (χ1n) is 38.4. The van der Waals surface area contributed by atoms with Gasteiger partial charge in [-0.15, -0.1) is 0 Å². The second-order valence-corrected chi connectivity index (χ2v) is 26.7. The van der Waals surface area contributed by atoms with E-state index in [9.17, 15) is 35.1 Å². The lowest BCUT2D eigenvalue weighted by atomic mass is 9.99. The molecule has 0 aromatic heterocycles. The van der Waals surface area contributed by atoms with Crippen LogP contribution >= 0.6 is 0 Å². The smallest absolute Gasteiger partial charge is 0.306 e. The van der Waals surface area contributed by atoms with Gasteiger partial charge in [0.25, 0.3) is 0 Å². The van der Waals surface area contributed by atoms with E-state index in [2.05, 4.69) is 62.5 Å². The van der Waals surface area contributed by atoms with Crippen LogP contribution in [0.5, 0.6) is 0 Å². The molecule has 0 saturated carbocycles. The number of hydrogen-bond donors (Lipinski definition) is 6. The van der Waals surface area contributed by atoms with E-state index >= 15 is 0 Å². The molecule has 1 amide bonds. The number of rotatable bonds is 67. The lowest BCUT2D eigenvalue weighted by Crippen LogP contribution is -2.61. The zero-order chi connectivity index (χ0) is 64.6. The van der Waals surface area contributed by atoms with Gasteiger partial charge >= 0.3 is 5.97 Å². The maximum Gasteiger partial charge on any atom is 0.306 e. The molecule has 0 aliphatic carbocycles. The van der Waals surface area contributed by atoms with Crippen LogP contribution in [0.2, 0.25) is 0 Å². The summed E-state index contributed by atoms with van der Waals surface area (Å²) in [7, 11) is 0. The minimum atomic E-state index is -1.62. The second-order valence-electron chi connectivity index (χ2n) is 26.7. The van der Waals surface area contributed by atoms with Crippen LogP contribution in [0.15, 0.2) is 48.6 Å². The number of aliphatic hydroxyl groups excluding tert-OH is 5. The van der Waals surface area contributed by atoms with Gasteiger partial charge in [0, 0.05) is 6.42 Å². The molecule has 11 heteroatoms. The average Bonchev–Trinajstić information content (AvgIpc) is 1.97. The van der Waals surface area contributed by atoms with E-state index in [0.29, 0.717) is 19.3 Å². The number of ether oxygens (including phenoxy) is 3. The van der Waals surface area contributed by atoms with Gasteiger partial charge in [0.1, 0.15) is 24.4 Å². The summed E-state index contributed by atoms with van der Waals surface area (Å²) in [6.07, 6.45) is 73.1.